The Kier molecular flexibility index (Phi) is 1.69. The Hall–Kier alpha value is -1.03. The van der Waals surface area contributed by atoms with E-state index in [0.29, 0.717) is 4.64 Å². The van der Waals surface area contributed by atoms with Crippen molar-refractivity contribution in [2.24, 2.45) is 5.18 Å². The summed E-state index contributed by atoms with van der Waals surface area (Å²) < 4.78 is 0.382. The third kappa shape index (κ3) is 1.20. The van der Waals surface area contributed by atoms with Gasteiger partial charge in [0.05, 0.1) is 0 Å². The van der Waals surface area contributed by atoms with Crippen LogP contribution in [0.15, 0.2) is 23.5 Å². The third-order valence-corrected chi connectivity index (χ3v) is 1.22. The molecule has 0 aliphatic carbocycles. The lowest BCUT2D eigenvalue weighted by molar-refractivity contribution is 1.27. The van der Waals surface area contributed by atoms with Gasteiger partial charge in [0, 0.05) is 6.20 Å². The third-order valence-electron chi connectivity index (χ3n) is 0.896. The SMILES string of the molecule is O=Nc1ccc[nH]c1=S. The second-order valence-electron chi connectivity index (χ2n) is 1.48. The fourth-order valence-electron chi connectivity index (χ4n) is 0.485. The van der Waals surface area contributed by atoms with Crippen LogP contribution in [0.25, 0.3) is 0 Å². The number of aromatic nitrogens is 1. The van der Waals surface area contributed by atoms with Crippen molar-refractivity contribution in [3.8, 4) is 0 Å². The van der Waals surface area contributed by atoms with Crippen molar-refractivity contribution in [1.82, 2.24) is 4.98 Å². The van der Waals surface area contributed by atoms with Crippen LogP contribution < -0.4 is 0 Å². The summed E-state index contributed by atoms with van der Waals surface area (Å²) in [6.45, 7) is 0. The molecule has 0 unspecified atom stereocenters. The zero-order valence-corrected chi connectivity index (χ0v) is 5.31. The lowest BCUT2D eigenvalue weighted by atomic mass is 10.4. The molecular formula is C5H4N2OS. The maximum absolute atomic E-state index is 9.89. The van der Waals surface area contributed by atoms with E-state index in [2.05, 4.69) is 10.2 Å². The molecule has 1 aromatic heterocycles. The Morgan fingerprint density at radius 1 is 1.67 bits per heavy atom. The van der Waals surface area contributed by atoms with Crippen molar-refractivity contribution in [1.29, 1.82) is 0 Å². The zero-order chi connectivity index (χ0) is 6.69. The highest BCUT2D eigenvalue weighted by Gasteiger charge is 1.88. The van der Waals surface area contributed by atoms with Gasteiger partial charge in [-0.1, -0.05) is 12.2 Å². The van der Waals surface area contributed by atoms with Crippen molar-refractivity contribution in [3.05, 3.63) is 27.9 Å². The van der Waals surface area contributed by atoms with Crippen LogP contribution in [0.2, 0.25) is 0 Å². The molecule has 1 heterocycles. The number of pyridine rings is 1. The van der Waals surface area contributed by atoms with Gasteiger partial charge in [0.15, 0.2) is 0 Å². The van der Waals surface area contributed by atoms with Crippen molar-refractivity contribution >= 4 is 17.9 Å². The second kappa shape index (κ2) is 2.50. The number of hydrogen-bond donors (Lipinski definition) is 1. The summed E-state index contributed by atoms with van der Waals surface area (Å²) in [4.78, 5) is 12.6. The molecule has 1 aromatic rings. The summed E-state index contributed by atoms with van der Waals surface area (Å²) >= 11 is 4.70. The van der Waals surface area contributed by atoms with Gasteiger partial charge in [-0.2, -0.15) is 0 Å². The topological polar surface area (TPSA) is 45.2 Å². The average molecular weight is 140 g/mol. The number of nitroso groups, excluding NO2 is 1. The lowest BCUT2D eigenvalue weighted by Crippen LogP contribution is -1.69. The summed E-state index contributed by atoms with van der Waals surface area (Å²) in [6.07, 6.45) is 1.65. The molecule has 3 nitrogen and oxygen atoms in total. The van der Waals surface area contributed by atoms with Gasteiger partial charge in [-0.3, -0.25) is 0 Å². The molecule has 0 saturated heterocycles. The van der Waals surface area contributed by atoms with E-state index in [1.807, 2.05) is 0 Å². The fourth-order valence-corrected chi connectivity index (χ4v) is 0.658. The summed E-state index contributed by atoms with van der Waals surface area (Å²) in [5.74, 6) is 0. The molecule has 0 aromatic carbocycles. The summed E-state index contributed by atoms with van der Waals surface area (Å²) in [5, 5.41) is 2.68. The van der Waals surface area contributed by atoms with Crippen LogP contribution in [0.3, 0.4) is 0 Å². The monoisotopic (exact) mass is 140 g/mol. The Labute approximate surface area is 56.7 Å². The minimum Gasteiger partial charge on any atom is -0.351 e. The molecule has 0 bridgehead atoms. The summed E-state index contributed by atoms with van der Waals surface area (Å²) in [7, 11) is 0. The van der Waals surface area contributed by atoms with Gasteiger partial charge in [-0.15, -0.1) is 4.91 Å². The fraction of sp³-hybridized carbons (Fsp3) is 0. The molecule has 0 fully saturated rings. The quantitative estimate of drug-likeness (QED) is 0.479. The Morgan fingerprint density at radius 2 is 2.44 bits per heavy atom. The first-order chi connectivity index (χ1) is 4.34. The van der Waals surface area contributed by atoms with E-state index in [1.54, 1.807) is 18.3 Å². The van der Waals surface area contributed by atoms with Gasteiger partial charge in [0.2, 0.25) is 0 Å². The minimum atomic E-state index is 0.285. The van der Waals surface area contributed by atoms with Crippen LogP contribution in [-0.2, 0) is 0 Å². The van der Waals surface area contributed by atoms with E-state index >= 15 is 0 Å². The molecule has 0 radical (unpaired) electrons. The first-order valence-corrected chi connectivity index (χ1v) is 2.76. The van der Waals surface area contributed by atoms with E-state index < -0.39 is 0 Å². The summed E-state index contributed by atoms with van der Waals surface area (Å²) in [5.41, 5.74) is 0.285. The second-order valence-corrected chi connectivity index (χ2v) is 1.88. The minimum absolute atomic E-state index is 0.285. The van der Waals surface area contributed by atoms with Crippen LogP contribution in [0.1, 0.15) is 0 Å². The highest BCUT2D eigenvalue weighted by atomic mass is 32.1. The molecule has 0 saturated carbocycles. The largest absolute Gasteiger partial charge is 0.351 e. The van der Waals surface area contributed by atoms with Crippen molar-refractivity contribution in [3.63, 3.8) is 0 Å². The zero-order valence-electron chi connectivity index (χ0n) is 4.50. The first kappa shape index (κ1) is 6.10. The smallest absolute Gasteiger partial charge is 0.142 e. The van der Waals surface area contributed by atoms with E-state index in [-0.39, 0.29) is 5.69 Å². The summed E-state index contributed by atoms with van der Waals surface area (Å²) in [6, 6.07) is 3.23. The number of H-pyrrole nitrogens is 1. The van der Waals surface area contributed by atoms with Crippen LogP contribution in [0.5, 0.6) is 0 Å². The van der Waals surface area contributed by atoms with E-state index in [0.717, 1.165) is 0 Å². The van der Waals surface area contributed by atoms with Crippen LogP contribution >= 0.6 is 12.2 Å². The van der Waals surface area contributed by atoms with Gasteiger partial charge in [-0.05, 0) is 17.3 Å². The lowest BCUT2D eigenvalue weighted by Gasteiger charge is -1.84. The van der Waals surface area contributed by atoms with Gasteiger partial charge in [0.1, 0.15) is 10.3 Å². The number of aromatic amines is 1. The molecule has 9 heavy (non-hydrogen) atoms. The van der Waals surface area contributed by atoms with Crippen molar-refractivity contribution in [2.45, 2.75) is 0 Å². The highest BCUT2D eigenvalue weighted by molar-refractivity contribution is 7.71. The maximum Gasteiger partial charge on any atom is 0.142 e. The molecule has 0 aliphatic rings. The number of hydrogen-bond acceptors (Lipinski definition) is 3. The Balaban J connectivity index is 3.32. The molecule has 0 aliphatic heterocycles. The standard InChI is InChI=1S/C5H4N2OS/c8-7-4-2-1-3-6-5(4)9/h1-3H,(H,6,9). The number of nitrogens with zero attached hydrogens (tertiary/aromatic N) is 1. The molecule has 46 valence electrons. The Morgan fingerprint density at radius 3 is 2.89 bits per heavy atom. The Bertz CT molecular complexity index is 268. The van der Waals surface area contributed by atoms with Crippen LogP contribution in [0.4, 0.5) is 5.69 Å². The van der Waals surface area contributed by atoms with Crippen LogP contribution in [0, 0.1) is 9.55 Å². The molecule has 0 atom stereocenters. The highest BCUT2D eigenvalue weighted by Crippen LogP contribution is 2.08. The maximum atomic E-state index is 9.89. The molecular weight excluding hydrogens is 136 g/mol. The predicted molar refractivity (Wildman–Crippen MR) is 37.1 cm³/mol. The number of nitrogens with one attached hydrogen (secondary N) is 1. The number of rotatable bonds is 1. The van der Waals surface area contributed by atoms with Crippen molar-refractivity contribution < 1.29 is 0 Å². The average Bonchev–Trinajstić information content (AvgIpc) is 1.89. The van der Waals surface area contributed by atoms with E-state index in [1.165, 1.54) is 0 Å². The predicted octanol–water partition coefficient (Wildman–Crippen LogP) is 2.14. The molecule has 1 N–H and O–H groups in total. The molecule has 1 rings (SSSR count). The molecule has 0 amide bonds. The molecule has 4 heteroatoms. The van der Waals surface area contributed by atoms with Crippen LogP contribution in [-0.4, -0.2) is 4.98 Å². The van der Waals surface area contributed by atoms with Gasteiger partial charge < -0.3 is 4.98 Å². The first-order valence-electron chi connectivity index (χ1n) is 2.35. The van der Waals surface area contributed by atoms with Gasteiger partial charge in [0.25, 0.3) is 0 Å². The van der Waals surface area contributed by atoms with E-state index in [4.69, 9.17) is 12.2 Å². The molecule has 0 spiro atoms. The van der Waals surface area contributed by atoms with Crippen molar-refractivity contribution in [2.75, 3.05) is 0 Å². The normalized spacial score (nSPS) is 8.89. The van der Waals surface area contributed by atoms with Gasteiger partial charge in [-0.25, -0.2) is 0 Å². The van der Waals surface area contributed by atoms with Gasteiger partial charge >= 0.3 is 0 Å². The van der Waals surface area contributed by atoms with E-state index in [9.17, 15) is 4.91 Å².